The summed E-state index contributed by atoms with van der Waals surface area (Å²) in [6.07, 6.45) is 3.67. The molecule has 1 rings (SSSR count). The lowest BCUT2D eigenvalue weighted by Crippen LogP contribution is -2.08. The minimum absolute atomic E-state index is 0.0106. The number of aromatic nitrogens is 3. The summed E-state index contributed by atoms with van der Waals surface area (Å²) in [7, 11) is 0. The van der Waals surface area contributed by atoms with Gasteiger partial charge in [-0.15, -0.1) is 15.0 Å². The molecule has 1 heterocycles. The summed E-state index contributed by atoms with van der Waals surface area (Å²) in [6.45, 7) is 10.8. The maximum Gasteiger partial charge on any atom is 0.330 e. The van der Waals surface area contributed by atoms with E-state index in [2.05, 4.69) is 34.7 Å². The van der Waals surface area contributed by atoms with Crippen LogP contribution in [0.4, 0.5) is 0 Å². The fourth-order valence-corrected chi connectivity index (χ4v) is 0.904. The molecule has 0 spiro atoms. The average Bonchev–Trinajstić information content (AvgIpc) is 2.35. The van der Waals surface area contributed by atoms with Crippen LogP contribution in [0, 0.1) is 0 Å². The quantitative estimate of drug-likeness (QED) is 0.485. The van der Waals surface area contributed by atoms with Crippen LogP contribution in [-0.4, -0.2) is 28.2 Å². The Morgan fingerprint density at radius 2 is 1.33 bits per heavy atom. The summed E-state index contributed by atoms with van der Waals surface area (Å²) in [6, 6.07) is 0.0688. The molecule has 0 fully saturated rings. The van der Waals surface area contributed by atoms with Crippen molar-refractivity contribution in [1.29, 1.82) is 0 Å². The lowest BCUT2D eigenvalue weighted by Gasteiger charge is -2.06. The summed E-state index contributed by atoms with van der Waals surface area (Å²) >= 11 is 0. The van der Waals surface area contributed by atoms with Crippen molar-refractivity contribution < 1.29 is 18.9 Å². The summed E-state index contributed by atoms with van der Waals surface area (Å²) < 4.78 is 19.9. The number of hydrogen-bond donors (Lipinski definition) is 0. The highest BCUT2D eigenvalue weighted by atomic mass is 16.5. The van der Waals surface area contributed by atoms with Gasteiger partial charge in [0.15, 0.2) is 0 Å². The number of hydrogen-bond acceptors (Lipinski definition) is 7. The Kier molecular flexibility index (Phi) is 5.74. The van der Waals surface area contributed by atoms with Crippen LogP contribution in [0.1, 0.15) is 0 Å². The molecule has 0 aliphatic rings. The first-order valence-corrected chi connectivity index (χ1v) is 4.96. The van der Waals surface area contributed by atoms with Crippen molar-refractivity contribution in [3.8, 4) is 18.0 Å². The zero-order valence-corrected chi connectivity index (χ0v) is 9.74. The summed E-state index contributed by atoms with van der Waals surface area (Å²) in [5.74, 6) is 0. The third-order valence-electron chi connectivity index (χ3n) is 1.50. The van der Waals surface area contributed by atoms with Gasteiger partial charge in [-0.2, -0.15) is 0 Å². The van der Waals surface area contributed by atoms with E-state index in [0.717, 1.165) is 0 Å². The first-order valence-electron chi connectivity index (χ1n) is 4.96. The molecular weight excluding hydrogens is 238 g/mol. The van der Waals surface area contributed by atoms with Crippen molar-refractivity contribution in [1.82, 2.24) is 15.0 Å². The fourth-order valence-electron chi connectivity index (χ4n) is 0.904. The topological polar surface area (TPSA) is 75.6 Å². The van der Waals surface area contributed by atoms with Crippen molar-refractivity contribution in [3.05, 3.63) is 38.5 Å². The van der Waals surface area contributed by atoms with E-state index in [9.17, 15) is 0 Å². The van der Waals surface area contributed by atoms with Crippen LogP contribution in [0.15, 0.2) is 38.5 Å². The molecular formula is C11H13N3O4. The van der Waals surface area contributed by atoms with Gasteiger partial charge < -0.3 is 18.9 Å². The molecule has 0 radical (unpaired) electrons. The molecule has 18 heavy (non-hydrogen) atoms. The molecule has 0 atom stereocenters. The highest BCUT2D eigenvalue weighted by Gasteiger charge is 2.08. The molecule has 1 aromatic rings. The second-order valence-electron chi connectivity index (χ2n) is 2.64. The highest BCUT2D eigenvalue weighted by Crippen LogP contribution is 2.14. The fraction of sp³-hybridized carbons (Fsp3) is 0.182. The minimum Gasteiger partial charge on any atom is -0.498 e. The van der Waals surface area contributed by atoms with Crippen LogP contribution < -0.4 is 14.2 Å². The van der Waals surface area contributed by atoms with Crippen molar-refractivity contribution in [3.63, 3.8) is 0 Å². The van der Waals surface area contributed by atoms with Crippen LogP contribution in [0.3, 0.4) is 0 Å². The Hall–Kier alpha value is -2.57. The molecule has 0 amide bonds. The molecule has 7 nitrogen and oxygen atoms in total. The molecule has 0 aromatic carbocycles. The Morgan fingerprint density at radius 3 is 1.83 bits per heavy atom. The molecule has 0 aliphatic carbocycles. The Bertz CT molecular complexity index is 394. The van der Waals surface area contributed by atoms with Gasteiger partial charge in [-0.1, -0.05) is 19.7 Å². The SMILES string of the molecule is C=COCCOc1nc(OC=C)nc(OC=C)n1. The molecule has 0 unspecified atom stereocenters. The second kappa shape index (κ2) is 7.66. The van der Waals surface area contributed by atoms with E-state index in [4.69, 9.17) is 18.9 Å². The maximum atomic E-state index is 5.22. The average molecular weight is 251 g/mol. The van der Waals surface area contributed by atoms with Gasteiger partial charge in [-0.05, 0) is 0 Å². The van der Waals surface area contributed by atoms with Crippen LogP contribution >= 0.6 is 0 Å². The Labute approximate surface area is 104 Å². The highest BCUT2D eigenvalue weighted by molar-refractivity contribution is 5.10. The van der Waals surface area contributed by atoms with Gasteiger partial charge in [0.1, 0.15) is 13.2 Å². The van der Waals surface area contributed by atoms with Gasteiger partial charge in [-0.3, -0.25) is 0 Å². The predicted octanol–water partition coefficient (Wildman–Crippen LogP) is 1.46. The molecule has 0 saturated heterocycles. The van der Waals surface area contributed by atoms with Gasteiger partial charge >= 0.3 is 18.0 Å². The van der Waals surface area contributed by atoms with Gasteiger partial charge in [-0.25, -0.2) is 0 Å². The van der Waals surface area contributed by atoms with Crippen LogP contribution in [0.5, 0.6) is 18.0 Å². The van der Waals surface area contributed by atoms with E-state index < -0.39 is 0 Å². The van der Waals surface area contributed by atoms with Crippen LogP contribution in [0.2, 0.25) is 0 Å². The van der Waals surface area contributed by atoms with Gasteiger partial charge in [0.25, 0.3) is 0 Å². The van der Waals surface area contributed by atoms with E-state index in [1.165, 1.54) is 18.8 Å². The largest absolute Gasteiger partial charge is 0.498 e. The van der Waals surface area contributed by atoms with E-state index in [0.29, 0.717) is 6.61 Å². The lowest BCUT2D eigenvalue weighted by atomic mass is 10.8. The maximum absolute atomic E-state index is 5.22. The van der Waals surface area contributed by atoms with Gasteiger partial charge in [0, 0.05) is 0 Å². The third kappa shape index (κ3) is 4.52. The molecule has 0 bridgehead atoms. The number of nitrogens with zero attached hydrogens (tertiary/aromatic N) is 3. The number of ether oxygens (including phenoxy) is 4. The smallest absolute Gasteiger partial charge is 0.330 e. The van der Waals surface area contributed by atoms with Gasteiger partial charge in [0.05, 0.1) is 18.8 Å². The molecule has 0 aliphatic heterocycles. The first kappa shape index (κ1) is 13.5. The van der Waals surface area contributed by atoms with Gasteiger partial charge in [0.2, 0.25) is 0 Å². The zero-order chi connectivity index (χ0) is 13.2. The molecule has 0 N–H and O–H groups in total. The first-order chi connectivity index (χ1) is 8.80. The molecule has 0 saturated carbocycles. The van der Waals surface area contributed by atoms with Crippen LogP contribution in [0.25, 0.3) is 0 Å². The second-order valence-corrected chi connectivity index (χ2v) is 2.64. The van der Waals surface area contributed by atoms with Crippen molar-refractivity contribution in [2.45, 2.75) is 0 Å². The zero-order valence-electron chi connectivity index (χ0n) is 9.74. The monoisotopic (exact) mass is 251 g/mol. The minimum atomic E-state index is 0.0106. The van der Waals surface area contributed by atoms with Crippen molar-refractivity contribution in [2.75, 3.05) is 13.2 Å². The van der Waals surface area contributed by atoms with E-state index in [-0.39, 0.29) is 24.6 Å². The molecule has 7 heteroatoms. The predicted molar refractivity (Wildman–Crippen MR) is 63.1 cm³/mol. The van der Waals surface area contributed by atoms with Crippen LogP contribution in [-0.2, 0) is 4.74 Å². The standard InChI is InChI=1S/C11H13N3O4/c1-4-15-7-8-18-11-13-9(16-5-2)12-10(14-11)17-6-3/h4-6H,1-3,7-8H2. The van der Waals surface area contributed by atoms with Crippen molar-refractivity contribution in [2.24, 2.45) is 0 Å². The normalized spacial score (nSPS) is 9.11. The molecule has 96 valence electrons. The summed E-state index contributed by atoms with van der Waals surface area (Å²) in [4.78, 5) is 11.6. The van der Waals surface area contributed by atoms with E-state index in [1.54, 1.807) is 0 Å². The third-order valence-corrected chi connectivity index (χ3v) is 1.50. The number of rotatable bonds is 9. The Balaban J connectivity index is 2.71. The van der Waals surface area contributed by atoms with E-state index >= 15 is 0 Å². The van der Waals surface area contributed by atoms with Crippen molar-refractivity contribution >= 4 is 0 Å². The Morgan fingerprint density at radius 1 is 0.778 bits per heavy atom. The summed E-state index contributed by atoms with van der Waals surface area (Å²) in [5, 5.41) is 0. The summed E-state index contributed by atoms with van der Waals surface area (Å²) in [5.41, 5.74) is 0. The van der Waals surface area contributed by atoms with E-state index in [1.807, 2.05) is 0 Å². The lowest BCUT2D eigenvalue weighted by molar-refractivity contribution is 0.169. The molecule has 1 aromatic heterocycles.